The van der Waals surface area contributed by atoms with Gasteiger partial charge in [0, 0.05) is 0 Å². The molecule has 104 valence electrons. The molecule has 0 aliphatic heterocycles. The summed E-state index contributed by atoms with van der Waals surface area (Å²) in [6.07, 6.45) is 0. The maximum absolute atomic E-state index is 12.6. The second-order valence-corrected chi connectivity index (χ2v) is 5.63. The van der Waals surface area contributed by atoms with Crippen LogP contribution in [0.5, 0.6) is 0 Å². The molecule has 0 aliphatic rings. The molecular weight excluding hydrogens is 288 g/mol. The number of nitrogens with zero attached hydrogens (tertiary/aromatic N) is 5. The summed E-state index contributed by atoms with van der Waals surface area (Å²) in [7, 11) is 0. The molecule has 0 aliphatic carbocycles. The van der Waals surface area contributed by atoms with Crippen molar-refractivity contribution in [3.05, 3.63) is 34.6 Å². The van der Waals surface area contributed by atoms with E-state index in [1.807, 2.05) is 31.2 Å². The number of hydrogen-bond donors (Lipinski definition) is 1. The standard InChI is InChI=1S/C13H10N6OS/c1-2-21-13-18-17-12-16-10-9(11(20)19(12)13)14-7-5-3-4-6-8(7)15-10/h3-6H,2H2,1H3,(H,15,16,17). The minimum absolute atomic E-state index is 0.252. The number of rotatable bonds is 2. The Balaban J connectivity index is 2.16. The summed E-state index contributed by atoms with van der Waals surface area (Å²) in [5, 5.41) is 7.47. The van der Waals surface area contributed by atoms with Crippen LogP contribution in [0.3, 0.4) is 0 Å². The van der Waals surface area contributed by atoms with Crippen molar-refractivity contribution in [2.75, 3.05) is 5.75 Å². The molecule has 21 heavy (non-hydrogen) atoms. The van der Waals surface area contributed by atoms with Crippen LogP contribution >= 0.6 is 11.8 Å². The molecule has 4 aromatic rings. The first-order valence-electron chi connectivity index (χ1n) is 6.44. The molecule has 3 heterocycles. The predicted octanol–water partition coefficient (Wildman–Crippen LogP) is 1.63. The zero-order valence-electron chi connectivity index (χ0n) is 11.1. The second kappa shape index (κ2) is 4.52. The Morgan fingerprint density at radius 2 is 1.95 bits per heavy atom. The Bertz CT molecular complexity index is 1040. The van der Waals surface area contributed by atoms with Gasteiger partial charge in [-0.25, -0.2) is 19.5 Å². The highest BCUT2D eigenvalue weighted by molar-refractivity contribution is 7.99. The van der Waals surface area contributed by atoms with Gasteiger partial charge in [-0.3, -0.25) is 4.79 Å². The van der Waals surface area contributed by atoms with E-state index < -0.39 is 0 Å². The molecular formula is C13H10N6OS. The lowest BCUT2D eigenvalue weighted by atomic mass is 10.3. The Kier molecular flexibility index (Phi) is 2.64. The van der Waals surface area contributed by atoms with Crippen molar-refractivity contribution in [1.29, 1.82) is 0 Å². The number of hydrogen-bond acceptors (Lipinski definition) is 6. The summed E-state index contributed by atoms with van der Waals surface area (Å²) in [6.45, 7) is 2.00. The molecule has 8 heteroatoms. The van der Waals surface area contributed by atoms with Gasteiger partial charge in [-0.1, -0.05) is 30.8 Å². The molecule has 0 spiro atoms. The van der Waals surface area contributed by atoms with Gasteiger partial charge < -0.3 is 0 Å². The van der Waals surface area contributed by atoms with Crippen LogP contribution in [0.1, 0.15) is 6.92 Å². The molecule has 0 atom stereocenters. The average molecular weight is 298 g/mol. The summed E-state index contributed by atoms with van der Waals surface area (Å²) in [5.74, 6) is 1.20. The molecule has 0 saturated carbocycles. The van der Waals surface area contributed by atoms with Crippen molar-refractivity contribution in [2.45, 2.75) is 12.1 Å². The smallest absolute Gasteiger partial charge is 0.266 e. The van der Waals surface area contributed by atoms with Gasteiger partial charge >= 0.3 is 0 Å². The highest BCUT2D eigenvalue weighted by Gasteiger charge is 2.14. The number of para-hydroxylation sites is 2. The molecule has 1 aromatic carbocycles. The van der Waals surface area contributed by atoms with E-state index in [-0.39, 0.29) is 11.1 Å². The highest BCUT2D eigenvalue weighted by Crippen LogP contribution is 2.16. The van der Waals surface area contributed by atoms with Crippen molar-refractivity contribution in [2.24, 2.45) is 0 Å². The summed E-state index contributed by atoms with van der Waals surface area (Å²) >= 11 is 1.47. The zero-order chi connectivity index (χ0) is 14.4. The maximum Gasteiger partial charge on any atom is 0.289 e. The van der Waals surface area contributed by atoms with Gasteiger partial charge in [0.25, 0.3) is 5.56 Å². The normalized spacial score (nSPS) is 11.7. The van der Waals surface area contributed by atoms with Crippen molar-refractivity contribution >= 4 is 39.7 Å². The molecule has 0 fully saturated rings. The molecule has 0 unspecified atom stereocenters. The summed E-state index contributed by atoms with van der Waals surface area (Å²) in [6, 6.07) is 7.41. The van der Waals surface area contributed by atoms with Crippen LogP contribution in [-0.2, 0) is 0 Å². The van der Waals surface area contributed by atoms with Crippen LogP contribution in [0.2, 0.25) is 0 Å². The number of H-pyrrole nitrogens is 1. The van der Waals surface area contributed by atoms with Gasteiger partial charge in [0.15, 0.2) is 16.3 Å². The topological polar surface area (TPSA) is 88.8 Å². The molecule has 0 saturated heterocycles. The fraction of sp³-hybridized carbons (Fsp3) is 0.154. The third-order valence-electron chi connectivity index (χ3n) is 3.10. The van der Waals surface area contributed by atoms with E-state index >= 15 is 0 Å². The molecule has 0 amide bonds. The Morgan fingerprint density at radius 3 is 2.71 bits per heavy atom. The first kappa shape index (κ1) is 12.3. The number of fused-ring (bicyclic) bond motifs is 3. The average Bonchev–Trinajstić information content (AvgIpc) is 2.89. The fourth-order valence-electron chi connectivity index (χ4n) is 2.19. The SMILES string of the molecule is CCSc1n[nH]c2nc3nc4ccccc4nc3c(=O)n12. The van der Waals surface area contributed by atoms with Gasteiger partial charge in [0.2, 0.25) is 5.78 Å². The lowest BCUT2D eigenvalue weighted by molar-refractivity contribution is 0.899. The minimum Gasteiger partial charge on any atom is -0.266 e. The molecule has 7 nitrogen and oxygen atoms in total. The predicted molar refractivity (Wildman–Crippen MR) is 80.6 cm³/mol. The summed E-state index contributed by atoms with van der Waals surface area (Å²) < 4.78 is 1.44. The minimum atomic E-state index is -0.252. The quantitative estimate of drug-likeness (QED) is 0.447. The largest absolute Gasteiger partial charge is 0.289 e. The zero-order valence-corrected chi connectivity index (χ0v) is 11.9. The lowest BCUT2D eigenvalue weighted by Crippen LogP contribution is -2.17. The van der Waals surface area contributed by atoms with Crippen LogP contribution in [0.15, 0.2) is 34.2 Å². The van der Waals surface area contributed by atoms with Gasteiger partial charge in [0.1, 0.15) is 0 Å². The summed E-state index contributed by atoms with van der Waals surface area (Å²) in [5.41, 5.74) is 1.72. The molecule has 0 radical (unpaired) electrons. The van der Waals surface area contributed by atoms with Crippen LogP contribution < -0.4 is 5.56 Å². The van der Waals surface area contributed by atoms with Crippen molar-refractivity contribution in [3.63, 3.8) is 0 Å². The van der Waals surface area contributed by atoms with E-state index in [1.165, 1.54) is 16.2 Å². The summed E-state index contributed by atoms with van der Waals surface area (Å²) in [4.78, 5) is 25.8. The number of nitrogens with one attached hydrogen (secondary N) is 1. The van der Waals surface area contributed by atoms with Crippen molar-refractivity contribution < 1.29 is 0 Å². The first-order valence-corrected chi connectivity index (χ1v) is 7.43. The van der Waals surface area contributed by atoms with E-state index in [2.05, 4.69) is 25.1 Å². The van der Waals surface area contributed by atoms with Crippen LogP contribution in [0, 0.1) is 0 Å². The molecule has 4 rings (SSSR count). The van der Waals surface area contributed by atoms with E-state index in [0.29, 0.717) is 27.6 Å². The molecule has 0 bridgehead atoms. The van der Waals surface area contributed by atoms with Crippen LogP contribution in [0.4, 0.5) is 0 Å². The van der Waals surface area contributed by atoms with Gasteiger partial charge in [-0.05, 0) is 17.9 Å². The maximum atomic E-state index is 12.6. The van der Waals surface area contributed by atoms with Gasteiger partial charge in [0.05, 0.1) is 11.0 Å². The Morgan fingerprint density at radius 1 is 1.19 bits per heavy atom. The van der Waals surface area contributed by atoms with Crippen LogP contribution in [0.25, 0.3) is 28.0 Å². The first-order chi connectivity index (χ1) is 10.3. The number of aromatic amines is 1. The fourth-order valence-corrected chi connectivity index (χ4v) is 2.86. The second-order valence-electron chi connectivity index (χ2n) is 4.40. The van der Waals surface area contributed by atoms with E-state index in [1.54, 1.807) is 0 Å². The Hall–Kier alpha value is -2.48. The number of thioether (sulfide) groups is 1. The number of benzene rings is 1. The molecule has 3 aromatic heterocycles. The molecule has 1 N–H and O–H groups in total. The van der Waals surface area contributed by atoms with Crippen LogP contribution in [-0.4, -0.2) is 35.3 Å². The van der Waals surface area contributed by atoms with E-state index in [4.69, 9.17) is 0 Å². The highest BCUT2D eigenvalue weighted by atomic mass is 32.2. The number of aromatic nitrogens is 6. The van der Waals surface area contributed by atoms with Crippen molar-refractivity contribution in [3.8, 4) is 0 Å². The monoisotopic (exact) mass is 298 g/mol. The van der Waals surface area contributed by atoms with Crippen molar-refractivity contribution in [1.82, 2.24) is 29.5 Å². The Labute approximate surface area is 122 Å². The third-order valence-corrected chi connectivity index (χ3v) is 3.92. The van der Waals surface area contributed by atoms with E-state index in [0.717, 1.165) is 5.75 Å². The van der Waals surface area contributed by atoms with E-state index in [9.17, 15) is 4.79 Å². The third kappa shape index (κ3) is 1.79. The van der Waals surface area contributed by atoms with Gasteiger partial charge in [-0.15, -0.1) is 5.10 Å². The lowest BCUT2D eigenvalue weighted by Gasteiger charge is -2.01. The van der Waals surface area contributed by atoms with Gasteiger partial charge in [-0.2, -0.15) is 4.98 Å².